The Kier molecular flexibility index (Phi) is 3.54. The Hall–Kier alpha value is -1.66. The van der Waals surface area contributed by atoms with Crippen LogP contribution in [0.5, 0.6) is 0 Å². The summed E-state index contributed by atoms with van der Waals surface area (Å²) in [4.78, 5) is 16.0. The van der Waals surface area contributed by atoms with E-state index in [1.54, 1.807) is 11.3 Å². The Morgan fingerprint density at radius 1 is 1.35 bits per heavy atom. The number of morpholine rings is 1. The summed E-state index contributed by atoms with van der Waals surface area (Å²) in [5.74, 6) is 0.920. The minimum absolute atomic E-state index is 0.0810. The van der Waals surface area contributed by atoms with Crippen LogP contribution >= 0.6 is 11.3 Å². The molecule has 3 heterocycles. The first-order chi connectivity index (χ1) is 11.1. The van der Waals surface area contributed by atoms with E-state index in [1.165, 1.54) is 0 Å². The summed E-state index contributed by atoms with van der Waals surface area (Å²) in [5.41, 5.74) is 0.299. The van der Waals surface area contributed by atoms with Gasteiger partial charge in [-0.3, -0.25) is 4.79 Å². The fourth-order valence-electron chi connectivity index (χ4n) is 3.39. The number of rotatable bonds is 3. The highest BCUT2D eigenvalue weighted by atomic mass is 32.1. The molecule has 4 rings (SSSR count). The van der Waals surface area contributed by atoms with Crippen LogP contribution in [0.2, 0.25) is 0 Å². The number of ether oxygens (including phenoxy) is 1. The molecule has 1 aliphatic carbocycles. The molecule has 2 fully saturated rings. The van der Waals surface area contributed by atoms with E-state index in [1.807, 2.05) is 42.3 Å². The lowest BCUT2D eigenvalue weighted by molar-refractivity contribution is -0.146. The van der Waals surface area contributed by atoms with E-state index in [9.17, 15) is 4.79 Å². The summed E-state index contributed by atoms with van der Waals surface area (Å²) in [7, 11) is 0. The first kappa shape index (κ1) is 14.9. The Bertz CT molecular complexity index is 695. The summed E-state index contributed by atoms with van der Waals surface area (Å²) in [6, 6.07) is 5.92. The zero-order valence-electron chi connectivity index (χ0n) is 13.3. The third-order valence-electron chi connectivity index (χ3n) is 4.63. The van der Waals surface area contributed by atoms with E-state index in [4.69, 9.17) is 9.26 Å². The first-order valence-electron chi connectivity index (χ1n) is 8.04. The number of aromatic nitrogens is 1. The number of thiophene rings is 1. The van der Waals surface area contributed by atoms with Crippen LogP contribution in [-0.2, 0) is 14.9 Å². The van der Waals surface area contributed by atoms with E-state index in [2.05, 4.69) is 5.16 Å². The van der Waals surface area contributed by atoms with Crippen LogP contribution in [0.1, 0.15) is 32.4 Å². The van der Waals surface area contributed by atoms with Crippen molar-refractivity contribution in [3.8, 4) is 10.6 Å². The number of nitrogens with zero attached hydrogens (tertiary/aromatic N) is 2. The van der Waals surface area contributed by atoms with Gasteiger partial charge in [-0.15, -0.1) is 11.3 Å². The number of hydrogen-bond donors (Lipinski definition) is 0. The highest BCUT2D eigenvalue weighted by Crippen LogP contribution is 2.50. The molecule has 0 radical (unpaired) electrons. The molecule has 0 spiro atoms. The largest absolute Gasteiger partial charge is 0.372 e. The molecule has 0 N–H and O–H groups in total. The Morgan fingerprint density at radius 3 is 2.70 bits per heavy atom. The van der Waals surface area contributed by atoms with E-state index < -0.39 is 5.41 Å². The second-order valence-electron chi connectivity index (χ2n) is 6.60. The normalized spacial score (nSPS) is 26.3. The van der Waals surface area contributed by atoms with Crippen LogP contribution in [0.3, 0.4) is 0 Å². The number of amides is 1. The number of carbonyl (C=O) groups excluding carboxylic acids is 1. The first-order valence-corrected chi connectivity index (χ1v) is 8.92. The molecule has 1 aliphatic heterocycles. The van der Waals surface area contributed by atoms with Gasteiger partial charge < -0.3 is 14.2 Å². The molecule has 1 amide bonds. The lowest BCUT2D eigenvalue weighted by Gasteiger charge is -2.37. The van der Waals surface area contributed by atoms with E-state index in [0.29, 0.717) is 13.1 Å². The molecule has 122 valence electrons. The maximum absolute atomic E-state index is 13.1. The van der Waals surface area contributed by atoms with Crippen molar-refractivity contribution in [3.63, 3.8) is 0 Å². The van der Waals surface area contributed by atoms with Gasteiger partial charge >= 0.3 is 0 Å². The standard InChI is InChI=1S/C17H20N2O3S/c1-11-9-19(10-12(2)21-11)16(20)17(5-6-17)15-8-13(22-18-15)14-4-3-7-23-14/h3-4,7-8,11-12H,5-6,9-10H2,1-2H3. The van der Waals surface area contributed by atoms with Gasteiger partial charge in [-0.05, 0) is 38.1 Å². The average molecular weight is 332 g/mol. The Labute approximate surface area is 139 Å². The predicted octanol–water partition coefficient (Wildman–Crippen LogP) is 3.07. The van der Waals surface area contributed by atoms with Gasteiger partial charge in [-0.1, -0.05) is 11.2 Å². The SMILES string of the molecule is CC1CN(C(=O)C2(c3cc(-c4cccs4)on3)CC2)CC(C)O1. The van der Waals surface area contributed by atoms with E-state index in [-0.39, 0.29) is 18.1 Å². The molecule has 23 heavy (non-hydrogen) atoms. The van der Waals surface area contributed by atoms with Gasteiger partial charge in [-0.25, -0.2) is 0 Å². The smallest absolute Gasteiger partial charge is 0.235 e. The summed E-state index contributed by atoms with van der Waals surface area (Å²) in [5, 5.41) is 6.22. The number of carbonyl (C=O) groups is 1. The summed E-state index contributed by atoms with van der Waals surface area (Å²) >= 11 is 1.61. The fraction of sp³-hybridized carbons (Fsp3) is 0.529. The molecule has 2 unspecified atom stereocenters. The minimum atomic E-state index is -0.476. The highest BCUT2D eigenvalue weighted by molar-refractivity contribution is 7.13. The molecule has 1 saturated carbocycles. The van der Waals surface area contributed by atoms with Crippen molar-refractivity contribution >= 4 is 17.2 Å². The van der Waals surface area contributed by atoms with Crippen molar-refractivity contribution in [1.82, 2.24) is 10.1 Å². The lowest BCUT2D eigenvalue weighted by Crippen LogP contribution is -2.51. The zero-order chi connectivity index (χ0) is 16.0. The van der Waals surface area contributed by atoms with Gasteiger partial charge in [0.2, 0.25) is 5.91 Å². The van der Waals surface area contributed by atoms with Crippen molar-refractivity contribution < 1.29 is 14.1 Å². The maximum Gasteiger partial charge on any atom is 0.235 e. The second-order valence-corrected chi connectivity index (χ2v) is 7.55. The molecule has 0 bridgehead atoms. The van der Waals surface area contributed by atoms with Crippen LogP contribution in [-0.4, -0.2) is 41.3 Å². The Balaban J connectivity index is 1.57. The fourth-order valence-corrected chi connectivity index (χ4v) is 4.06. The molecule has 2 atom stereocenters. The molecule has 2 aromatic heterocycles. The average Bonchev–Trinajstić information content (AvgIpc) is 2.96. The van der Waals surface area contributed by atoms with Gasteiger partial charge in [0.1, 0.15) is 0 Å². The van der Waals surface area contributed by atoms with Gasteiger partial charge in [0, 0.05) is 19.2 Å². The topological polar surface area (TPSA) is 55.6 Å². The van der Waals surface area contributed by atoms with E-state index in [0.717, 1.165) is 29.2 Å². The van der Waals surface area contributed by atoms with Crippen LogP contribution in [0.15, 0.2) is 28.1 Å². The van der Waals surface area contributed by atoms with E-state index >= 15 is 0 Å². The monoisotopic (exact) mass is 332 g/mol. The van der Waals surface area contributed by atoms with Crippen molar-refractivity contribution in [3.05, 3.63) is 29.3 Å². The molecular weight excluding hydrogens is 312 g/mol. The second kappa shape index (κ2) is 5.46. The predicted molar refractivity (Wildman–Crippen MR) is 87.3 cm³/mol. The van der Waals surface area contributed by atoms with Crippen molar-refractivity contribution in [1.29, 1.82) is 0 Å². The molecule has 1 saturated heterocycles. The van der Waals surface area contributed by atoms with Gasteiger partial charge in [0.15, 0.2) is 5.76 Å². The van der Waals surface area contributed by atoms with Crippen LogP contribution in [0.25, 0.3) is 10.6 Å². The molecular formula is C17H20N2O3S. The maximum atomic E-state index is 13.1. The molecule has 5 nitrogen and oxygen atoms in total. The quantitative estimate of drug-likeness (QED) is 0.867. The van der Waals surface area contributed by atoms with Crippen molar-refractivity contribution in [2.75, 3.05) is 13.1 Å². The van der Waals surface area contributed by atoms with Gasteiger partial charge in [0.25, 0.3) is 0 Å². The van der Waals surface area contributed by atoms with Crippen molar-refractivity contribution in [2.45, 2.75) is 44.3 Å². The Morgan fingerprint density at radius 2 is 2.09 bits per heavy atom. The van der Waals surface area contributed by atoms with Gasteiger partial charge in [-0.2, -0.15) is 0 Å². The molecule has 6 heteroatoms. The summed E-state index contributed by atoms with van der Waals surface area (Å²) < 4.78 is 11.2. The molecule has 2 aromatic rings. The third kappa shape index (κ3) is 2.60. The minimum Gasteiger partial charge on any atom is -0.372 e. The third-order valence-corrected chi connectivity index (χ3v) is 5.52. The zero-order valence-corrected chi connectivity index (χ0v) is 14.1. The molecule has 0 aromatic carbocycles. The number of hydrogen-bond acceptors (Lipinski definition) is 5. The highest BCUT2D eigenvalue weighted by Gasteiger charge is 2.56. The van der Waals surface area contributed by atoms with Crippen molar-refractivity contribution in [2.24, 2.45) is 0 Å². The van der Waals surface area contributed by atoms with Crippen LogP contribution in [0.4, 0.5) is 0 Å². The molecule has 2 aliphatic rings. The summed E-state index contributed by atoms with van der Waals surface area (Å²) in [6.07, 6.45) is 1.86. The van der Waals surface area contributed by atoms with Gasteiger partial charge in [0.05, 0.1) is 28.2 Å². The summed E-state index contributed by atoms with van der Waals surface area (Å²) in [6.45, 7) is 5.34. The van der Waals surface area contributed by atoms with Crippen LogP contribution < -0.4 is 0 Å². The van der Waals surface area contributed by atoms with Crippen LogP contribution in [0, 0.1) is 0 Å². The lowest BCUT2D eigenvalue weighted by atomic mass is 9.99.